The van der Waals surface area contributed by atoms with Gasteiger partial charge in [0, 0.05) is 37.9 Å². The summed E-state index contributed by atoms with van der Waals surface area (Å²) in [6, 6.07) is 17.0. The number of nitrogens with one attached hydrogen (secondary N) is 1. The lowest BCUT2D eigenvalue weighted by Gasteiger charge is -2.25. The van der Waals surface area contributed by atoms with Crippen molar-refractivity contribution in [2.75, 3.05) is 20.2 Å². The minimum absolute atomic E-state index is 0.0645. The zero-order valence-electron chi connectivity index (χ0n) is 18.7. The molecule has 1 atom stereocenters. The van der Waals surface area contributed by atoms with Crippen molar-refractivity contribution in [3.05, 3.63) is 66.1 Å². The maximum absolute atomic E-state index is 12.7. The van der Waals surface area contributed by atoms with Gasteiger partial charge < -0.3 is 19.5 Å². The number of aryl methyl sites for hydroxylation is 1. The van der Waals surface area contributed by atoms with E-state index in [1.807, 2.05) is 59.5 Å². The maximum Gasteiger partial charge on any atom is 0.226 e. The number of likely N-dealkylation sites (tertiary alicyclic amines) is 1. The predicted octanol–water partition coefficient (Wildman–Crippen LogP) is 3.55. The van der Waals surface area contributed by atoms with Crippen LogP contribution in [0, 0.1) is 0 Å². The molecule has 1 fully saturated rings. The third-order valence-corrected chi connectivity index (χ3v) is 5.72. The maximum atomic E-state index is 12.7. The molecule has 0 bridgehead atoms. The lowest BCUT2D eigenvalue weighted by atomic mass is 10.1. The van der Waals surface area contributed by atoms with Crippen LogP contribution >= 0.6 is 0 Å². The number of rotatable bonds is 10. The van der Waals surface area contributed by atoms with Crippen LogP contribution in [-0.4, -0.2) is 47.1 Å². The number of amides is 2. The fourth-order valence-corrected chi connectivity index (χ4v) is 3.92. The molecular formula is C25H28N4O4. The Kier molecular flexibility index (Phi) is 7.34. The van der Waals surface area contributed by atoms with Gasteiger partial charge >= 0.3 is 0 Å². The van der Waals surface area contributed by atoms with Gasteiger partial charge in [-0.25, -0.2) is 0 Å². The molecule has 0 spiro atoms. The van der Waals surface area contributed by atoms with Gasteiger partial charge in [0.15, 0.2) is 0 Å². The molecule has 1 unspecified atom stereocenters. The van der Waals surface area contributed by atoms with Gasteiger partial charge in [0.25, 0.3) is 0 Å². The van der Waals surface area contributed by atoms with Gasteiger partial charge in [-0.05, 0) is 42.7 Å². The zero-order chi connectivity index (χ0) is 23.0. The summed E-state index contributed by atoms with van der Waals surface area (Å²) in [6.07, 6.45) is 2.88. The van der Waals surface area contributed by atoms with Crippen molar-refractivity contribution in [1.29, 1.82) is 0 Å². The number of hydrogen-bond acceptors (Lipinski definition) is 6. The number of methoxy groups -OCH3 is 1. The first-order chi connectivity index (χ1) is 16.1. The topological polar surface area (TPSA) is 97.6 Å². The SMILES string of the molecule is COc1ccc(-c2noc(CCCC(=O)NC(CN3CCCC3=O)c3ccccc3)n2)cc1. The Hall–Kier alpha value is -3.68. The standard InChI is InChI=1S/C25H28N4O4/c1-32-20-14-12-19(13-15-20)25-27-23(33-28-25)10-5-9-22(30)26-21(18-7-3-2-4-8-18)17-29-16-6-11-24(29)31/h2-4,7-8,12-15,21H,5-6,9-11,16-17H2,1H3,(H,26,30). The van der Waals surface area contributed by atoms with Crippen LogP contribution in [0.5, 0.6) is 5.75 Å². The number of carbonyl (C=O) groups excluding carboxylic acids is 2. The summed E-state index contributed by atoms with van der Waals surface area (Å²) in [6.45, 7) is 1.23. The van der Waals surface area contributed by atoms with E-state index in [0.29, 0.717) is 43.9 Å². The highest BCUT2D eigenvalue weighted by Crippen LogP contribution is 2.21. The smallest absolute Gasteiger partial charge is 0.226 e. The van der Waals surface area contributed by atoms with E-state index in [-0.39, 0.29) is 17.9 Å². The summed E-state index contributed by atoms with van der Waals surface area (Å²) in [5.74, 6) is 1.85. The fraction of sp³-hybridized carbons (Fsp3) is 0.360. The first-order valence-electron chi connectivity index (χ1n) is 11.2. The van der Waals surface area contributed by atoms with Crippen LogP contribution in [0.3, 0.4) is 0 Å². The van der Waals surface area contributed by atoms with Gasteiger partial charge in [0.2, 0.25) is 23.5 Å². The fourth-order valence-electron chi connectivity index (χ4n) is 3.92. The van der Waals surface area contributed by atoms with Crippen molar-refractivity contribution < 1.29 is 18.8 Å². The van der Waals surface area contributed by atoms with Crippen LogP contribution in [0.1, 0.15) is 43.2 Å². The number of benzene rings is 2. The monoisotopic (exact) mass is 448 g/mol. The van der Waals surface area contributed by atoms with Crippen molar-refractivity contribution >= 4 is 11.8 Å². The average Bonchev–Trinajstić information content (AvgIpc) is 3.48. The first-order valence-corrected chi connectivity index (χ1v) is 11.2. The van der Waals surface area contributed by atoms with Crippen LogP contribution in [0.15, 0.2) is 59.1 Å². The minimum Gasteiger partial charge on any atom is -0.497 e. The molecule has 0 aliphatic carbocycles. The molecule has 8 heteroatoms. The molecule has 4 rings (SSSR count). The second-order valence-electron chi connectivity index (χ2n) is 8.07. The van der Waals surface area contributed by atoms with Gasteiger partial charge in [-0.1, -0.05) is 35.5 Å². The molecule has 172 valence electrons. The lowest BCUT2D eigenvalue weighted by molar-refractivity contribution is -0.129. The van der Waals surface area contributed by atoms with Crippen molar-refractivity contribution in [3.8, 4) is 17.1 Å². The summed E-state index contributed by atoms with van der Waals surface area (Å²) in [5.41, 5.74) is 1.83. The Balaban J connectivity index is 1.30. The molecular weight excluding hydrogens is 420 g/mol. The second-order valence-corrected chi connectivity index (χ2v) is 8.07. The Morgan fingerprint density at radius 2 is 1.97 bits per heavy atom. The summed E-state index contributed by atoms with van der Waals surface area (Å²) in [7, 11) is 1.62. The molecule has 0 saturated carbocycles. The normalized spacial score (nSPS) is 14.3. The van der Waals surface area contributed by atoms with Crippen molar-refractivity contribution in [2.24, 2.45) is 0 Å². The van der Waals surface area contributed by atoms with Gasteiger partial charge in [-0.3, -0.25) is 9.59 Å². The molecule has 0 radical (unpaired) electrons. The molecule has 33 heavy (non-hydrogen) atoms. The van der Waals surface area contributed by atoms with Crippen molar-refractivity contribution in [2.45, 2.75) is 38.1 Å². The molecule has 2 aromatic carbocycles. The summed E-state index contributed by atoms with van der Waals surface area (Å²) >= 11 is 0. The van der Waals surface area contributed by atoms with E-state index in [4.69, 9.17) is 9.26 Å². The quantitative estimate of drug-likeness (QED) is 0.509. The predicted molar refractivity (Wildman–Crippen MR) is 122 cm³/mol. The number of ether oxygens (including phenoxy) is 1. The second kappa shape index (κ2) is 10.8. The molecule has 1 aliphatic heterocycles. The number of carbonyl (C=O) groups is 2. The lowest BCUT2D eigenvalue weighted by Crippen LogP contribution is -2.38. The highest BCUT2D eigenvalue weighted by Gasteiger charge is 2.25. The largest absolute Gasteiger partial charge is 0.497 e. The van der Waals surface area contributed by atoms with Crippen LogP contribution in [0.25, 0.3) is 11.4 Å². The highest BCUT2D eigenvalue weighted by molar-refractivity contribution is 5.79. The van der Waals surface area contributed by atoms with Crippen LogP contribution in [-0.2, 0) is 16.0 Å². The van der Waals surface area contributed by atoms with E-state index in [9.17, 15) is 9.59 Å². The Labute approximate surface area is 192 Å². The average molecular weight is 449 g/mol. The molecule has 2 heterocycles. The summed E-state index contributed by atoms with van der Waals surface area (Å²) in [5, 5.41) is 7.12. The van der Waals surface area contributed by atoms with E-state index in [0.717, 1.165) is 29.8 Å². The summed E-state index contributed by atoms with van der Waals surface area (Å²) in [4.78, 5) is 31.0. The van der Waals surface area contributed by atoms with Crippen LogP contribution in [0.2, 0.25) is 0 Å². The van der Waals surface area contributed by atoms with Crippen molar-refractivity contribution in [3.63, 3.8) is 0 Å². The third-order valence-electron chi connectivity index (χ3n) is 5.72. The first kappa shape index (κ1) is 22.5. The van der Waals surface area contributed by atoms with Crippen LogP contribution in [0.4, 0.5) is 0 Å². The van der Waals surface area contributed by atoms with Gasteiger partial charge in [0.05, 0.1) is 13.2 Å². The highest BCUT2D eigenvalue weighted by atomic mass is 16.5. The molecule has 2 amide bonds. The third kappa shape index (κ3) is 5.97. The Bertz CT molecular complexity index is 1070. The Morgan fingerprint density at radius 3 is 2.67 bits per heavy atom. The number of nitrogens with zero attached hydrogens (tertiary/aromatic N) is 3. The molecule has 1 aromatic heterocycles. The Morgan fingerprint density at radius 1 is 1.18 bits per heavy atom. The van der Waals surface area contributed by atoms with E-state index in [2.05, 4.69) is 15.5 Å². The van der Waals surface area contributed by atoms with Crippen molar-refractivity contribution in [1.82, 2.24) is 20.4 Å². The molecule has 3 aromatic rings. The number of aromatic nitrogens is 2. The van der Waals surface area contributed by atoms with Gasteiger partial charge in [-0.2, -0.15) is 4.98 Å². The number of hydrogen-bond donors (Lipinski definition) is 1. The van der Waals surface area contributed by atoms with E-state index in [1.54, 1.807) is 7.11 Å². The molecule has 1 aliphatic rings. The minimum atomic E-state index is -0.231. The van der Waals surface area contributed by atoms with Gasteiger partial charge in [-0.15, -0.1) is 0 Å². The van der Waals surface area contributed by atoms with Gasteiger partial charge in [0.1, 0.15) is 5.75 Å². The van der Waals surface area contributed by atoms with Crippen LogP contribution < -0.4 is 10.1 Å². The molecule has 8 nitrogen and oxygen atoms in total. The van der Waals surface area contributed by atoms with E-state index in [1.165, 1.54) is 0 Å². The molecule has 1 N–H and O–H groups in total. The molecule has 1 saturated heterocycles. The van der Waals surface area contributed by atoms with E-state index >= 15 is 0 Å². The van der Waals surface area contributed by atoms with E-state index < -0.39 is 0 Å². The summed E-state index contributed by atoms with van der Waals surface area (Å²) < 4.78 is 10.5. The zero-order valence-corrected chi connectivity index (χ0v) is 18.7.